The summed E-state index contributed by atoms with van der Waals surface area (Å²) in [6, 6.07) is 11.2. The van der Waals surface area contributed by atoms with E-state index in [9.17, 15) is 8.78 Å². The minimum atomic E-state index is -0.267. The van der Waals surface area contributed by atoms with Crippen LogP contribution in [0, 0.1) is 11.6 Å². The molecule has 1 unspecified atom stereocenters. The third kappa shape index (κ3) is 3.61. The highest BCUT2D eigenvalue weighted by Gasteiger charge is 2.10. The second kappa shape index (κ2) is 6.26. The first-order chi connectivity index (χ1) is 9.08. The second-order valence-corrected chi connectivity index (χ2v) is 5.28. The van der Waals surface area contributed by atoms with E-state index in [2.05, 4.69) is 21.2 Å². The van der Waals surface area contributed by atoms with Crippen molar-refractivity contribution in [1.29, 1.82) is 0 Å². The van der Waals surface area contributed by atoms with E-state index in [0.29, 0.717) is 17.7 Å². The fraction of sp³-hybridized carbons (Fsp3) is 0.200. The number of halogens is 3. The average molecular weight is 326 g/mol. The summed E-state index contributed by atoms with van der Waals surface area (Å²) in [6.45, 7) is 2.20. The van der Waals surface area contributed by atoms with Gasteiger partial charge in [-0.2, -0.15) is 0 Å². The monoisotopic (exact) mass is 325 g/mol. The van der Waals surface area contributed by atoms with Crippen LogP contribution in [0.15, 0.2) is 46.9 Å². The van der Waals surface area contributed by atoms with Crippen molar-refractivity contribution in [1.82, 2.24) is 5.32 Å². The largest absolute Gasteiger partial charge is 0.306 e. The molecule has 1 N–H and O–H groups in total. The van der Waals surface area contributed by atoms with Gasteiger partial charge in [-0.05, 0) is 31.2 Å². The number of nitrogens with one attached hydrogen (secondary N) is 1. The summed E-state index contributed by atoms with van der Waals surface area (Å²) >= 11 is 3.31. The Kier molecular flexibility index (Phi) is 4.66. The van der Waals surface area contributed by atoms with Gasteiger partial charge in [-0.25, -0.2) is 8.78 Å². The van der Waals surface area contributed by atoms with Crippen molar-refractivity contribution in [2.45, 2.75) is 19.5 Å². The summed E-state index contributed by atoms with van der Waals surface area (Å²) in [5, 5.41) is 3.12. The topological polar surface area (TPSA) is 12.0 Å². The molecule has 0 saturated carbocycles. The number of hydrogen-bond donors (Lipinski definition) is 1. The van der Waals surface area contributed by atoms with Gasteiger partial charge in [-0.3, -0.25) is 0 Å². The first kappa shape index (κ1) is 14.2. The Balaban J connectivity index is 2.06. The van der Waals surface area contributed by atoms with E-state index in [4.69, 9.17) is 0 Å². The van der Waals surface area contributed by atoms with Gasteiger partial charge < -0.3 is 5.32 Å². The SMILES string of the molecule is CC(NCc1cc(Br)ccc1F)c1ccccc1F. The molecule has 2 aromatic carbocycles. The quantitative estimate of drug-likeness (QED) is 0.867. The molecule has 2 aromatic rings. The Labute approximate surface area is 119 Å². The first-order valence-corrected chi connectivity index (χ1v) is 6.79. The summed E-state index contributed by atoms with van der Waals surface area (Å²) in [4.78, 5) is 0. The van der Waals surface area contributed by atoms with Gasteiger partial charge in [0, 0.05) is 28.2 Å². The highest BCUT2D eigenvalue weighted by Crippen LogP contribution is 2.19. The van der Waals surface area contributed by atoms with Gasteiger partial charge in [0.25, 0.3) is 0 Å². The number of hydrogen-bond acceptors (Lipinski definition) is 1. The Bertz CT molecular complexity index is 572. The van der Waals surface area contributed by atoms with Crippen LogP contribution in [0.2, 0.25) is 0 Å². The number of benzene rings is 2. The molecule has 0 aliphatic carbocycles. The van der Waals surface area contributed by atoms with Crippen molar-refractivity contribution in [3.05, 3.63) is 69.7 Å². The van der Waals surface area contributed by atoms with E-state index in [1.54, 1.807) is 30.3 Å². The van der Waals surface area contributed by atoms with Crippen LogP contribution >= 0.6 is 15.9 Å². The molecule has 0 aliphatic rings. The smallest absolute Gasteiger partial charge is 0.127 e. The molecule has 100 valence electrons. The predicted molar refractivity (Wildman–Crippen MR) is 75.8 cm³/mol. The van der Waals surface area contributed by atoms with Crippen LogP contribution in [0.3, 0.4) is 0 Å². The van der Waals surface area contributed by atoms with Gasteiger partial charge in [0.2, 0.25) is 0 Å². The molecule has 0 aromatic heterocycles. The van der Waals surface area contributed by atoms with Crippen molar-refractivity contribution in [2.75, 3.05) is 0 Å². The molecule has 0 heterocycles. The lowest BCUT2D eigenvalue weighted by molar-refractivity contribution is 0.515. The zero-order chi connectivity index (χ0) is 13.8. The lowest BCUT2D eigenvalue weighted by atomic mass is 10.1. The van der Waals surface area contributed by atoms with Gasteiger partial charge in [0.05, 0.1) is 0 Å². The van der Waals surface area contributed by atoms with Gasteiger partial charge in [-0.1, -0.05) is 34.1 Å². The van der Waals surface area contributed by atoms with Crippen LogP contribution in [0.25, 0.3) is 0 Å². The molecule has 2 rings (SSSR count). The Morgan fingerprint density at radius 2 is 1.84 bits per heavy atom. The van der Waals surface area contributed by atoms with Gasteiger partial charge >= 0.3 is 0 Å². The predicted octanol–water partition coefficient (Wildman–Crippen LogP) is 4.58. The first-order valence-electron chi connectivity index (χ1n) is 5.99. The van der Waals surface area contributed by atoms with Crippen LogP contribution in [0.4, 0.5) is 8.78 Å². The maximum Gasteiger partial charge on any atom is 0.127 e. The summed E-state index contributed by atoms with van der Waals surface area (Å²) < 4.78 is 28.0. The summed E-state index contributed by atoms with van der Waals surface area (Å²) in [5.74, 6) is -0.520. The maximum absolute atomic E-state index is 13.6. The molecular formula is C15H14BrF2N. The van der Waals surface area contributed by atoms with Crippen LogP contribution in [-0.2, 0) is 6.54 Å². The van der Waals surface area contributed by atoms with Crippen molar-refractivity contribution in [3.63, 3.8) is 0 Å². The van der Waals surface area contributed by atoms with Crippen LogP contribution in [0.1, 0.15) is 24.1 Å². The summed E-state index contributed by atoms with van der Waals surface area (Å²) in [5.41, 5.74) is 1.13. The minimum Gasteiger partial charge on any atom is -0.306 e. The molecule has 0 spiro atoms. The molecule has 0 fully saturated rings. The third-order valence-corrected chi connectivity index (χ3v) is 3.47. The third-order valence-electron chi connectivity index (χ3n) is 2.98. The molecule has 0 amide bonds. The fourth-order valence-corrected chi connectivity index (χ4v) is 2.29. The van der Waals surface area contributed by atoms with E-state index >= 15 is 0 Å². The number of rotatable bonds is 4. The normalized spacial score (nSPS) is 12.4. The standard InChI is InChI=1S/C15H14BrF2N/c1-10(13-4-2-3-5-15(13)18)19-9-11-8-12(16)6-7-14(11)17/h2-8,10,19H,9H2,1H3. The van der Waals surface area contributed by atoms with Crippen molar-refractivity contribution in [3.8, 4) is 0 Å². The van der Waals surface area contributed by atoms with Crippen molar-refractivity contribution in [2.24, 2.45) is 0 Å². The maximum atomic E-state index is 13.6. The zero-order valence-electron chi connectivity index (χ0n) is 10.5. The molecule has 0 bridgehead atoms. The molecule has 0 saturated heterocycles. The molecule has 0 aliphatic heterocycles. The molecule has 19 heavy (non-hydrogen) atoms. The lowest BCUT2D eigenvalue weighted by Gasteiger charge is -2.15. The second-order valence-electron chi connectivity index (χ2n) is 4.36. The van der Waals surface area contributed by atoms with Gasteiger partial charge in [-0.15, -0.1) is 0 Å². The Hall–Kier alpha value is -1.26. The van der Waals surface area contributed by atoms with Crippen molar-refractivity contribution < 1.29 is 8.78 Å². The van der Waals surface area contributed by atoms with Crippen molar-refractivity contribution >= 4 is 15.9 Å². The summed E-state index contributed by atoms with van der Waals surface area (Å²) in [6.07, 6.45) is 0. The fourth-order valence-electron chi connectivity index (χ4n) is 1.88. The van der Waals surface area contributed by atoms with Gasteiger partial charge in [0.1, 0.15) is 11.6 Å². The van der Waals surface area contributed by atoms with E-state index in [0.717, 1.165) is 4.47 Å². The zero-order valence-corrected chi connectivity index (χ0v) is 12.0. The Morgan fingerprint density at radius 1 is 1.11 bits per heavy atom. The Morgan fingerprint density at radius 3 is 2.58 bits per heavy atom. The van der Waals surface area contributed by atoms with E-state index < -0.39 is 0 Å². The highest BCUT2D eigenvalue weighted by molar-refractivity contribution is 9.10. The lowest BCUT2D eigenvalue weighted by Crippen LogP contribution is -2.19. The van der Waals surface area contributed by atoms with Crippen LogP contribution in [-0.4, -0.2) is 0 Å². The minimum absolute atomic E-state index is 0.181. The molecule has 0 radical (unpaired) electrons. The van der Waals surface area contributed by atoms with Gasteiger partial charge in [0.15, 0.2) is 0 Å². The van der Waals surface area contributed by atoms with E-state index in [1.165, 1.54) is 12.1 Å². The average Bonchev–Trinajstić information content (AvgIpc) is 2.40. The van der Waals surface area contributed by atoms with E-state index in [-0.39, 0.29) is 17.7 Å². The molecule has 4 heteroatoms. The molecular weight excluding hydrogens is 312 g/mol. The van der Waals surface area contributed by atoms with E-state index in [1.807, 2.05) is 6.92 Å². The van der Waals surface area contributed by atoms with Crippen LogP contribution < -0.4 is 5.32 Å². The van der Waals surface area contributed by atoms with Crippen LogP contribution in [0.5, 0.6) is 0 Å². The molecule has 1 atom stereocenters. The highest BCUT2D eigenvalue weighted by atomic mass is 79.9. The molecule has 1 nitrogen and oxygen atoms in total. The summed E-state index contributed by atoms with van der Waals surface area (Å²) in [7, 11) is 0.